The van der Waals surface area contributed by atoms with E-state index < -0.39 is 0 Å². The molecule has 0 bridgehead atoms. The van der Waals surface area contributed by atoms with E-state index in [1.165, 1.54) is 49.3 Å². The second-order valence-corrected chi connectivity index (χ2v) is 11.4. The summed E-state index contributed by atoms with van der Waals surface area (Å²) in [4.78, 5) is 13.4. The summed E-state index contributed by atoms with van der Waals surface area (Å²) in [6, 6.07) is 31.4. The van der Waals surface area contributed by atoms with Crippen LogP contribution in [-0.2, 0) is 18.4 Å². The van der Waals surface area contributed by atoms with Gasteiger partial charge in [0, 0.05) is 28.8 Å². The molecule has 3 heteroatoms. The van der Waals surface area contributed by atoms with Crippen LogP contribution in [0.3, 0.4) is 0 Å². The number of fused-ring (bicyclic) bond motifs is 5. The molecule has 0 radical (unpaired) electrons. The minimum absolute atomic E-state index is 0.0208. The molecule has 3 aromatic rings. The Morgan fingerprint density at radius 1 is 0.872 bits per heavy atom. The van der Waals surface area contributed by atoms with Gasteiger partial charge in [-0.3, -0.25) is 9.69 Å². The average molecular weight is 511 g/mol. The summed E-state index contributed by atoms with van der Waals surface area (Å²) in [6.45, 7) is 5.62. The molecule has 39 heavy (non-hydrogen) atoms. The Labute approximate surface area is 229 Å². The van der Waals surface area contributed by atoms with Crippen LogP contribution in [-0.4, -0.2) is 0 Å². The molecule has 1 atom stereocenters. The topological polar surface area (TPSA) is 34.6 Å². The minimum atomic E-state index is -0.146. The molecule has 1 N–H and O–H groups in total. The predicted octanol–water partition coefficient (Wildman–Crippen LogP) is 7.21. The van der Waals surface area contributed by atoms with Crippen LogP contribution in [0.15, 0.2) is 118 Å². The van der Waals surface area contributed by atoms with Gasteiger partial charge in [-0.15, -0.1) is 0 Å². The zero-order valence-corrected chi connectivity index (χ0v) is 22.5. The molecule has 192 valence electrons. The summed E-state index contributed by atoms with van der Waals surface area (Å²) in [7, 11) is 0. The highest BCUT2D eigenvalue weighted by atomic mass is 16.3. The van der Waals surface area contributed by atoms with Crippen LogP contribution in [0, 0.1) is 0 Å². The fraction of sp³-hybridized carbons (Fsp3) is 0.194. The van der Waals surface area contributed by atoms with Gasteiger partial charge in [-0.25, -0.2) is 0 Å². The first-order chi connectivity index (χ1) is 19.0. The Balaban J connectivity index is 1.39. The van der Waals surface area contributed by atoms with Crippen molar-refractivity contribution in [2.24, 2.45) is 0 Å². The summed E-state index contributed by atoms with van der Waals surface area (Å²) in [6.07, 6.45) is 7.69. The van der Waals surface area contributed by atoms with Crippen LogP contribution in [0.2, 0.25) is 0 Å². The van der Waals surface area contributed by atoms with Crippen LogP contribution in [0.4, 0.5) is 5.69 Å². The molecular formula is C36H32NO2+. The molecule has 1 unspecified atom stereocenters. The monoisotopic (exact) mass is 510 g/mol. The lowest BCUT2D eigenvalue weighted by Gasteiger charge is -2.23. The second kappa shape index (κ2) is 9.21. The summed E-state index contributed by atoms with van der Waals surface area (Å²) < 4.78 is 6.38. The third kappa shape index (κ3) is 4.05. The van der Waals surface area contributed by atoms with E-state index in [-0.39, 0.29) is 10.8 Å². The maximum absolute atomic E-state index is 12.0. The van der Waals surface area contributed by atoms with Crippen LogP contribution < -0.4 is 10.3 Å². The van der Waals surface area contributed by atoms with Gasteiger partial charge in [-0.05, 0) is 91.4 Å². The molecule has 2 aliphatic carbocycles. The second-order valence-electron chi connectivity index (χ2n) is 11.4. The van der Waals surface area contributed by atoms with E-state index >= 15 is 0 Å². The van der Waals surface area contributed by atoms with E-state index in [0.29, 0.717) is 5.76 Å². The lowest BCUT2D eigenvalue weighted by molar-refractivity contribution is -0.803. The first-order valence-corrected chi connectivity index (χ1v) is 13.9. The number of rotatable bonds is 3. The van der Waals surface area contributed by atoms with Crippen molar-refractivity contribution in [1.29, 1.82) is 0 Å². The van der Waals surface area contributed by atoms with Crippen molar-refractivity contribution >= 4 is 22.0 Å². The highest BCUT2D eigenvalue weighted by Crippen LogP contribution is 2.43. The van der Waals surface area contributed by atoms with E-state index in [2.05, 4.69) is 98.8 Å². The number of aryl methyl sites for hydroxylation is 1. The van der Waals surface area contributed by atoms with Crippen molar-refractivity contribution in [2.75, 3.05) is 0 Å². The molecular weight excluding hydrogens is 478 g/mol. The number of hydrogen-bond donors (Lipinski definition) is 1. The molecule has 0 fully saturated rings. The van der Waals surface area contributed by atoms with Gasteiger partial charge < -0.3 is 4.42 Å². The lowest BCUT2D eigenvalue weighted by atomic mass is 9.81. The normalized spacial score (nSPS) is 20.0. The molecule has 0 spiro atoms. The molecule has 2 aliphatic heterocycles. The smallest absolute Gasteiger partial charge is 0.182 e. The molecule has 3 aromatic carbocycles. The van der Waals surface area contributed by atoms with Gasteiger partial charge >= 0.3 is 0 Å². The Bertz CT molecular complexity index is 1810. The Kier molecular flexibility index (Phi) is 5.64. The number of nitrogens with one attached hydrogen (secondary N) is 1. The largest absolute Gasteiger partial charge is 0.456 e. The molecule has 0 aromatic heterocycles. The Morgan fingerprint density at radius 3 is 2.56 bits per heavy atom. The lowest BCUT2D eigenvalue weighted by Crippen LogP contribution is -3.03. The van der Waals surface area contributed by atoms with Crippen LogP contribution in [0.5, 0.6) is 0 Å². The van der Waals surface area contributed by atoms with Gasteiger partial charge in [0.15, 0.2) is 5.43 Å². The van der Waals surface area contributed by atoms with Crippen molar-refractivity contribution in [3.63, 3.8) is 0 Å². The third-order valence-corrected chi connectivity index (χ3v) is 8.55. The Hall–Kier alpha value is -4.21. The minimum Gasteiger partial charge on any atom is -0.456 e. The maximum Gasteiger partial charge on any atom is 0.182 e. The zero-order chi connectivity index (χ0) is 26.6. The molecule has 0 saturated heterocycles. The highest BCUT2D eigenvalue weighted by Gasteiger charge is 2.46. The van der Waals surface area contributed by atoms with E-state index in [1.807, 2.05) is 6.07 Å². The average Bonchev–Trinajstić information content (AvgIpc) is 3.16. The number of benzene rings is 4. The van der Waals surface area contributed by atoms with Crippen molar-refractivity contribution in [1.82, 2.24) is 0 Å². The molecule has 0 amide bonds. The Morgan fingerprint density at radius 2 is 1.69 bits per heavy atom. The van der Waals surface area contributed by atoms with Gasteiger partial charge in [0.1, 0.15) is 29.4 Å². The molecule has 2 heterocycles. The summed E-state index contributed by atoms with van der Waals surface area (Å²) in [5.74, 6) is 1.60. The molecule has 7 rings (SSSR count). The summed E-state index contributed by atoms with van der Waals surface area (Å²) in [5.41, 5.74) is 8.71. The fourth-order valence-electron chi connectivity index (χ4n) is 6.69. The highest BCUT2D eigenvalue weighted by molar-refractivity contribution is 5.91. The van der Waals surface area contributed by atoms with Crippen molar-refractivity contribution in [3.05, 3.63) is 142 Å². The van der Waals surface area contributed by atoms with Crippen molar-refractivity contribution in [3.8, 4) is 11.3 Å². The quantitative estimate of drug-likeness (QED) is 0.278. The first kappa shape index (κ1) is 23.9. The van der Waals surface area contributed by atoms with Crippen molar-refractivity contribution in [2.45, 2.75) is 45.1 Å². The molecule has 4 aliphatic rings. The summed E-state index contributed by atoms with van der Waals surface area (Å²) >= 11 is 0. The van der Waals surface area contributed by atoms with Crippen LogP contribution >= 0.6 is 0 Å². The standard InChI is InChI=1S/C36H31NO2/c1-36(2)33(20-17-26-12-8-13-28-21-27-15-18-29(38)22-32(27)39-35(26)28)37(23-24-9-4-3-5-10-24)31-19-16-25-11-6-7-14-30(25)34(31)36/h3-7,9-11,14-22H,8,12-13,23H2,1-2H3/p+1. The SMILES string of the molecule is CC1(C)C(=CC=C2CCCc3cc4ccc(=O)cc-4oc32)[NH+](Cc2ccccc2)c2ccc3ccccc3c21. The molecule has 3 nitrogen and oxygen atoms in total. The van der Waals surface area contributed by atoms with Crippen LogP contribution in [0.1, 0.15) is 49.1 Å². The van der Waals surface area contributed by atoms with Crippen LogP contribution in [0.25, 0.3) is 27.7 Å². The van der Waals surface area contributed by atoms with E-state index in [9.17, 15) is 4.79 Å². The third-order valence-electron chi connectivity index (χ3n) is 8.55. The van der Waals surface area contributed by atoms with E-state index in [0.717, 1.165) is 37.1 Å². The van der Waals surface area contributed by atoms with Gasteiger partial charge in [0.25, 0.3) is 0 Å². The zero-order valence-electron chi connectivity index (χ0n) is 22.5. The fourth-order valence-corrected chi connectivity index (χ4v) is 6.69. The number of allylic oxidation sites excluding steroid dienone is 4. The number of hydrogen-bond acceptors (Lipinski definition) is 2. The number of quaternary nitrogens is 1. The maximum atomic E-state index is 12.0. The van der Waals surface area contributed by atoms with Gasteiger partial charge in [0.05, 0.1) is 5.41 Å². The van der Waals surface area contributed by atoms with E-state index in [4.69, 9.17) is 4.42 Å². The van der Waals surface area contributed by atoms with Gasteiger partial charge in [0.2, 0.25) is 0 Å². The first-order valence-electron chi connectivity index (χ1n) is 13.9. The molecule has 0 saturated carbocycles. The van der Waals surface area contributed by atoms with Gasteiger partial charge in [-0.2, -0.15) is 0 Å². The predicted molar refractivity (Wildman–Crippen MR) is 158 cm³/mol. The van der Waals surface area contributed by atoms with Crippen molar-refractivity contribution < 1.29 is 9.32 Å². The summed E-state index contributed by atoms with van der Waals surface area (Å²) in [5, 5.41) is 2.62. The van der Waals surface area contributed by atoms with E-state index in [1.54, 1.807) is 12.1 Å². The van der Waals surface area contributed by atoms with Gasteiger partial charge in [-0.1, -0.05) is 54.6 Å².